The van der Waals surface area contributed by atoms with Gasteiger partial charge >= 0.3 is 0 Å². The molecule has 2 aromatic heterocycles. The summed E-state index contributed by atoms with van der Waals surface area (Å²) >= 11 is 1.24. The number of nitrogens with zero attached hydrogens (tertiary/aromatic N) is 4. The Bertz CT molecular complexity index is 931. The monoisotopic (exact) mass is 357 g/mol. The van der Waals surface area contributed by atoms with Crippen molar-refractivity contribution in [1.82, 2.24) is 36.0 Å². The van der Waals surface area contributed by atoms with E-state index in [9.17, 15) is 9.59 Å². The average Bonchev–Trinajstić information content (AvgIpc) is 3.20. The summed E-state index contributed by atoms with van der Waals surface area (Å²) in [6, 6.07) is 7.81. The van der Waals surface area contributed by atoms with Gasteiger partial charge in [-0.05, 0) is 29.3 Å². The van der Waals surface area contributed by atoms with Crippen LogP contribution in [0.4, 0.5) is 0 Å². The smallest absolute Gasteiger partial charge is 0.271 e. The number of amides is 2. The summed E-state index contributed by atoms with van der Waals surface area (Å²) in [5.41, 5.74) is 6.17. The van der Waals surface area contributed by atoms with Gasteiger partial charge in [-0.3, -0.25) is 20.4 Å². The standard InChI is InChI=1S/C15H15N7O2S/c23-13(8-25-15-19-20-21-22(15)9-5-6-9)17-18-14(24)11-7-16-12-4-2-1-3-10(11)12/h1-4,7,9,16H,5-6,8H2,(H,17,23)(H,18,24). The van der Waals surface area contributed by atoms with Gasteiger partial charge in [0.2, 0.25) is 11.1 Å². The van der Waals surface area contributed by atoms with Crippen LogP contribution in [-0.2, 0) is 4.79 Å². The number of nitrogens with one attached hydrogen (secondary N) is 3. The van der Waals surface area contributed by atoms with Gasteiger partial charge in [0.05, 0.1) is 17.4 Å². The van der Waals surface area contributed by atoms with Crippen LogP contribution in [-0.4, -0.2) is 42.8 Å². The lowest BCUT2D eigenvalue weighted by molar-refractivity contribution is -0.119. The number of H-pyrrole nitrogens is 1. The van der Waals surface area contributed by atoms with E-state index < -0.39 is 0 Å². The number of hydrogen-bond acceptors (Lipinski definition) is 6. The minimum absolute atomic E-state index is 0.112. The van der Waals surface area contributed by atoms with Crippen LogP contribution in [0.15, 0.2) is 35.6 Å². The molecule has 0 radical (unpaired) electrons. The van der Waals surface area contributed by atoms with Crippen LogP contribution in [0.25, 0.3) is 10.9 Å². The Labute approximate surface area is 146 Å². The number of aromatic amines is 1. The third kappa shape index (κ3) is 3.33. The van der Waals surface area contributed by atoms with Gasteiger partial charge in [0, 0.05) is 17.1 Å². The van der Waals surface area contributed by atoms with E-state index in [0.29, 0.717) is 16.8 Å². The van der Waals surface area contributed by atoms with Gasteiger partial charge in [0.1, 0.15) is 0 Å². The van der Waals surface area contributed by atoms with Gasteiger partial charge in [0.15, 0.2) is 0 Å². The number of benzene rings is 1. The lowest BCUT2D eigenvalue weighted by atomic mass is 10.2. The molecule has 0 spiro atoms. The third-order valence-electron chi connectivity index (χ3n) is 3.84. The summed E-state index contributed by atoms with van der Waals surface area (Å²) in [4.78, 5) is 27.2. The van der Waals surface area contributed by atoms with Crippen molar-refractivity contribution in [2.45, 2.75) is 24.0 Å². The van der Waals surface area contributed by atoms with Crippen molar-refractivity contribution >= 4 is 34.5 Å². The number of hydrazine groups is 1. The van der Waals surface area contributed by atoms with E-state index in [4.69, 9.17) is 0 Å². The zero-order valence-corrected chi connectivity index (χ0v) is 13.9. The molecule has 0 atom stereocenters. The molecule has 1 aliphatic rings. The summed E-state index contributed by atoms with van der Waals surface area (Å²) in [5, 5.41) is 12.9. The fourth-order valence-electron chi connectivity index (χ4n) is 2.45. The number of carbonyl (C=O) groups is 2. The highest BCUT2D eigenvalue weighted by Crippen LogP contribution is 2.36. The fraction of sp³-hybridized carbons (Fsp3) is 0.267. The minimum Gasteiger partial charge on any atom is -0.360 e. The lowest BCUT2D eigenvalue weighted by Gasteiger charge is -2.06. The molecule has 3 aromatic rings. The molecule has 10 heteroatoms. The van der Waals surface area contributed by atoms with Crippen molar-refractivity contribution in [2.24, 2.45) is 0 Å². The van der Waals surface area contributed by atoms with E-state index in [2.05, 4.69) is 31.4 Å². The minimum atomic E-state index is -0.376. The van der Waals surface area contributed by atoms with Gasteiger partial charge in [-0.15, -0.1) is 5.10 Å². The predicted octanol–water partition coefficient (Wildman–Crippen LogP) is 1.04. The van der Waals surface area contributed by atoms with E-state index >= 15 is 0 Å². The van der Waals surface area contributed by atoms with Gasteiger partial charge < -0.3 is 4.98 Å². The Hall–Kier alpha value is -2.88. The number of thioether (sulfide) groups is 1. The van der Waals surface area contributed by atoms with E-state index in [0.717, 1.165) is 23.7 Å². The molecule has 1 aliphatic carbocycles. The van der Waals surface area contributed by atoms with E-state index in [1.54, 1.807) is 10.9 Å². The van der Waals surface area contributed by atoms with Crippen molar-refractivity contribution < 1.29 is 9.59 Å². The van der Waals surface area contributed by atoms with E-state index in [1.807, 2.05) is 24.3 Å². The number of hydrogen-bond donors (Lipinski definition) is 3. The van der Waals surface area contributed by atoms with Crippen molar-refractivity contribution in [2.75, 3.05) is 5.75 Å². The SMILES string of the molecule is O=C(CSc1nnnn1C1CC1)NNC(=O)c1c[nH]c2ccccc12. The van der Waals surface area contributed by atoms with E-state index in [1.165, 1.54) is 11.8 Å². The summed E-state index contributed by atoms with van der Waals surface area (Å²) in [5.74, 6) is -0.594. The maximum Gasteiger partial charge on any atom is 0.271 e. The second kappa shape index (κ2) is 6.55. The average molecular weight is 357 g/mol. The first-order valence-corrected chi connectivity index (χ1v) is 8.77. The Morgan fingerprint density at radius 2 is 2.12 bits per heavy atom. The number of tetrazole rings is 1. The summed E-state index contributed by atoms with van der Waals surface area (Å²) in [7, 11) is 0. The Kier molecular flexibility index (Phi) is 4.10. The summed E-state index contributed by atoms with van der Waals surface area (Å²) in [6.07, 6.45) is 3.74. The second-order valence-electron chi connectivity index (χ2n) is 5.68. The highest BCUT2D eigenvalue weighted by molar-refractivity contribution is 7.99. The molecule has 128 valence electrons. The van der Waals surface area contributed by atoms with Crippen molar-refractivity contribution in [3.05, 3.63) is 36.0 Å². The Balaban J connectivity index is 1.31. The van der Waals surface area contributed by atoms with E-state index in [-0.39, 0.29) is 17.6 Å². The molecule has 0 saturated heterocycles. The molecule has 1 aromatic carbocycles. The molecule has 1 fully saturated rings. The summed E-state index contributed by atoms with van der Waals surface area (Å²) in [6.45, 7) is 0. The number of rotatable bonds is 5. The first-order chi connectivity index (χ1) is 12.2. The quantitative estimate of drug-likeness (QED) is 0.464. The molecule has 1 saturated carbocycles. The molecule has 9 nitrogen and oxygen atoms in total. The highest BCUT2D eigenvalue weighted by atomic mass is 32.2. The molecule has 0 aliphatic heterocycles. The number of para-hydroxylation sites is 1. The van der Waals surface area contributed by atoms with Gasteiger partial charge in [-0.1, -0.05) is 30.0 Å². The van der Waals surface area contributed by atoms with Crippen LogP contribution >= 0.6 is 11.8 Å². The predicted molar refractivity (Wildman–Crippen MR) is 90.7 cm³/mol. The molecule has 0 unspecified atom stereocenters. The molecule has 3 N–H and O–H groups in total. The van der Waals surface area contributed by atoms with Crippen LogP contribution < -0.4 is 10.9 Å². The normalized spacial score (nSPS) is 13.8. The molecule has 2 amide bonds. The molecule has 2 heterocycles. The van der Waals surface area contributed by atoms with Crippen molar-refractivity contribution in [3.8, 4) is 0 Å². The number of fused-ring (bicyclic) bond motifs is 1. The third-order valence-corrected chi connectivity index (χ3v) is 4.77. The first-order valence-electron chi connectivity index (χ1n) is 7.78. The van der Waals surface area contributed by atoms with Crippen LogP contribution in [0.2, 0.25) is 0 Å². The lowest BCUT2D eigenvalue weighted by Crippen LogP contribution is -2.42. The topological polar surface area (TPSA) is 118 Å². The number of aromatic nitrogens is 5. The molecule has 4 rings (SSSR count). The first kappa shape index (κ1) is 15.6. The van der Waals surface area contributed by atoms with Crippen molar-refractivity contribution in [3.63, 3.8) is 0 Å². The zero-order chi connectivity index (χ0) is 17.2. The second-order valence-corrected chi connectivity index (χ2v) is 6.62. The number of carbonyl (C=O) groups excluding carboxylic acids is 2. The van der Waals surface area contributed by atoms with Gasteiger partial charge in [0.25, 0.3) is 5.91 Å². The summed E-state index contributed by atoms with van der Waals surface area (Å²) < 4.78 is 1.74. The van der Waals surface area contributed by atoms with Crippen LogP contribution in [0.1, 0.15) is 29.2 Å². The van der Waals surface area contributed by atoms with Crippen LogP contribution in [0.5, 0.6) is 0 Å². The molecular formula is C15H15N7O2S. The molecule has 0 bridgehead atoms. The molecular weight excluding hydrogens is 342 g/mol. The van der Waals surface area contributed by atoms with Gasteiger partial charge in [-0.2, -0.15) is 0 Å². The van der Waals surface area contributed by atoms with Crippen LogP contribution in [0.3, 0.4) is 0 Å². The maximum atomic E-state index is 12.2. The zero-order valence-electron chi connectivity index (χ0n) is 13.1. The largest absolute Gasteiger partial charge is 0.360 e. The van der Waals surface area contributed by atoms with Gasteiger partial charge in [-0.25, -0.2) is 4.68 Å². The van der Waals surface area contributed by atoms with Crippen LogP contribution in [0, 0.1) is 0 Å². The maximum absolute atomic E-state index is 12.2. The Morgan fingerprint density at radius 1 is 1.28 bits per heavy atom. The fourth-order valence-corrected chi connectivity index (χ4v) is 3.19. The molecule has 25 heavy (non-hydrogen) atoms. The Morgan fingerprint density at radius 3 is 2.96 bits per heavy atom. The van der Waals surface area contributed by atoms with Crippen molar-refractivity contribution in [1.29, 1.82) is 0 Å². The highest BCUT2D eigenvalue weighted by Gasteiger charge is 2.28.